The molecule has 1 saturated heterocycles. The van der Waals surface area contributed by atoms with Crippen LogP contribution < -0.4 is 0 Å². The van der Waals surface area contributed by atoms with Gasteiger partial charge in [-0.25, -0.2) is 18.2 Å². The standard InChI is InChI=1S/C17H22N2O4S2/c1-17(2,3)23-16(20)19-10-6-7-12(11-19)25(21,22)15-18-13-8-4-5-9-14(13)24-15/h4-5,8-9,12H,6-7,10-11H2,1-3H3/t12-/m0/s1. The molecule has 25 heavy (non-hydrogen) atoms. The van der Waals surface area contributed by atoms with Gasteiger partial charge in [0.15, 0.2) is 0 Å². The van der Waals surface area contributed by atoms with Gasteiger partial charge in [-0.2, -0.15) is 0 Å². The number of likely N-dealkylation sites (tertiary alicyclic amines) is 1. The van der Waals surface area contributed by atoms with Crippen molar-refractivity contribution < 1.29 is 17.9 Å². The summed E-state index contributed by atoms with van der Waals surface area (Å²) in [6.07, 6.45) is 0.697. The topological polar surface area (TPSA) is 76.6 Å². The van der Waals surface area contributed by atoms with Crippen molar-refractivity contribution in [3.8, 4) is 0 Å². The van der Waals surface area contributed by atoms with Crippen LogP contribution in [0.15, 0.2) is 28.6 Å². The number of aromatic nitrogens is 1. The van der Waals surface area contributed by atoms with E-state index in [-0.39, 0.29) is 10.9 Å². The summed E-state index contributed by atoms with van der Waals surface area (Å²) in [4.78, 5) is 18.0. The molecule has 1 aliphatic heterocycles. The van der Waals surface area contributed by atoms with Gasteiger partial charge in [-0.15, -0.1) is 11.3 Å². The van der Waals surface area contributed by atoms with Crippen LogP contribution in [0.25, 0.3) is 10.2 Å². The van der Waals surface area contributed by atoms with Crippen LogP contribution in [0.4, 0.5) is 4.79 Å². The van der Waals surface area contributed by atoms with Crippen LogP contribution in [0.1, 0.15) is 33.6 Å². The Kier molecular flexibility index (Phi) is 4.76. The monoisotopic (exact) mass is 382 g/mol. The highest BCUT2D eigenvalue weighted by atomic mass is 32.2. The van der Waals surface area contributed by atoms with E-state index >= 15 is 0 Å². The van der Waals surface area contributed by atoms with Gasteiger partial charge in [0.05, 0.1) is 15.5 Å². The molecule has 1 fully saturated rings. The molecule has 0 N–H and O–H groups in total. The molecule has 0 aliphatic carbocycles. The molecule has 6 nitrogen and oxygen atoms in total. The van der Waals surface area contributed by atoms with E-state index in [1.165, 1.54) is 16.2 Å². The summed E-state index contributed by atoms with van der Waals surface area (Å²) < 4.78 is 32.3. The molecule has 0 saturated carbocycles. The van der Waals surface area contributed by atoms with Gasteiger partial charge in [0.1, 0.15) is 5.60 Å². The molecule has 1 aromatic carbocycles. The van der Waals surface area contributed by atoms with Gasteiger partial charge >= 0.3 is 6.09 Å². The van der Waals surface area contributed by atoms with E-state index in [0.717, 1.165) is 4.70 Å². The third kappa shape index (κ3) is 3.95. The number of ether oxygens (including phenoxy) is 1. The number of rotatable bonds is 2. The predicted octanol–water partition coefficient (Wildman–Crippen LogP) is 3.47. The second-order valence-electron chi connectivity index (χ2n) is 7.18. The largest absolute Gasteiger partial charge is 0.444 e. The first kappa shape index (κ1) is 18.1. The van der Waals surface area contributed by atoms with Gasteiger partial charge in [0.25, 0.3) is 0 Å². The molecule has 2 aromatic rings. The van der Waals surface area contributed by atoms with Gasteiger partial charge in [0.2, 0.25) is 14.2 Å². The van der Waals surface area contributed by atoms with Gasteiger partial charge in [-0.1, -0.05) is 12.1 Å². The van der Waals surface area contributed by atoms with E-state index < -0.39 is 26.8 Å². The highest BCUT2D eigenvalue weighted by molar-refractivity contribution is 7.94. The number of thiazole rings is 1. The van der Waals surface area contributed by atoms with E-state index in [2.05, 4.69) is 4.98 Å². The van der Waals surface area contributed by atoms with Crippen molar-refractivity contribution in [2.24, 2.45) is 0 Å². The van der Waals surface area contributed by atoms with E-state index in [0.29, 0.717) is 24.9 Å². The maximum atomic E-state index is 13.0. The first-order valence-electron chi connectivity index (χ1n) is 8.24. The summed E-state index contributed by atoms with van der Waals surface area (Å²) in [7, 11) is -3.58. The highest BCUT2D eigenvalue weighted by Gasteiger charge is 2.37. The Morgan fingerprint density at radius 1 is 1.32 bits per heavy atom. The molecule has 1 amide bonds. The average molecular weight is 383 g/mol. The summed E-state index contributed by atoms with van der Waals surface area (Å²) >= 11 is 1.18. The number of amides is 1. The minimum Gasteiger partial charge on any atom is -0.444 e. The van der Waals surface area contributed by atoms with Crippen molar-refractivity contribution in [3.05, 3.63) is 24.3 Å². The van der Waals surface area contributed by atoms with Crippen molar-refractivity contribution in [2.75, 3.05) is 13.1 Å². The molecule has 2 heterocycles. The maximum Gasteiger partial charge on any atom is 0.410 e. The van der Waals surface area contributed by atoms with Crippen LogP contribution in [0.2, 0.25) is 0 Å². The second kappa shape index (κ2) is 6.57. The van der Waals surface area contributed by atoms with Crippen molar-refractivity contribution in [1.29, 1.82) is 0 Å². The summed E-state index contributed by atoms with van der Waals surface area (Å²) in [6, 6.07) is 7.36. The molecule has 0 radical (unpaired) electrons. The number of nitrogens with zero attached hydrogens (tertiary/aromatic N) is 2. The van der Waals surface area contributed by atoms with Gasteiger partial charge in [-0.3, -0.25) is 0 Å². The molecular weight excluding hydrogens is 360 g/mol. The number of benzene rings is 1. The third-order valence-corrected chi connectivity index (χ3v) is 7.60. The fourth-order valence-corrected chi connectivity index (χ4v) is 6.00. The van der Waals surface area contributed by atoms with Crippen molar-refractivity contribution in [2.45, 2.75) is 48.8 Å². The number of piperidine rings is 1. The van der Waals surface area contributed by atoms with Gasteiger partial charge in [-0.05, 0) is 45.7 Å². The van der Waals surface area contributed by atoms with Crippen LogP contribution >= 0.6 is 11.3 Å². The second-order valence-corrected chi connectivity index (χ2v) is 10.6. The summed E-state index contributed by atoms with van der Waals surface area (Å²) in [6.45, 7) is 6.05. The SMILES string of the molecule is CC(C)(C)OC(=O)N1CCC[C@H](S(=O)(=O)c2nc3ccccc3s2)C1. The number of hydrogen-bond acceptors (Lipinski definition) is 6. The molecule has 1 aromatic heterocycles. The Balaban J connectivity index is 1.81. The van der Waals surface area contributed by atoms with Crippen molar-refractivity contribution in [3.63, 3.8) is 0 Å². The zero-order valence-electron chi connectivity index (χ0n) is 14.6. The van der Waals surface area contributed by atoms with Crippen LogP contribution in [0.3, 0.4) is 0 Å². The highest BCUT2D eigenvalue weighted by Crippen LogP contribution is 2.30. The summed E-state index contributed by atoms with van der Waals surface area (Å²) in [5.41, 5.74) is 0.0847. The van der Waals surface area contributed by atoms with E-state index in [4.69, 9.17) is 4.74 Å². The fraction of sp³-hybridized carbons (Fsp3) is 0.529. The van der Waals surface area contributed by atoms with Gasteiger partial charge < -0.3 is 9.64 Å². The fourth-order valence-electron chi connectivity index (χ4n) is 2.80. The van der Waals surface area contributed by atoms with Crippen molar-refractivity contribution >= 4 is 37.5 Å². The number of hydrogen-bond donors (Lipinski definition) is 0. The molecule has 0 spiro atoms. The number of carbonyl (C=O) groups is 1. The minimum atomic E-state index is -3.58. The Labute approximate surface area is 151 Å². The lowest BCUT2D eigenvalue weighted by Crippen LogP contribution is -2.47. The third-order valence-electron chi connectivity index (χ3n) is 3.99. The normalized spacial score (nSPS) is 19.2. The van der Waals surface area contributed by atoms with E-state index in [9.17, 15) is 13.2 Å². The summed E-state index contributed by atoms with van der Waals surface area (Å²) in [5.74, 6) is 0. The van der Waals surface area contributed by atoms with Crippen molar-refractivity contribution in [1.82, 2.24) is 9.88 Å². The minimum absolute atomic E-state index is 0.129. The Hall–Kier alpha value is -1.67. The molecule has 0 unspecified atom stereocenters. The van der Waals surface area contributed by atoms with Crippen LogP contribution in [-0.4, -0.2) is 48.3 Å². The Bertz CT molecular complexity index is 850. The van der Waals surface area contributed by atoms with Crippen LogP contribution in [0.5, 0.6) is 0 Å². The average Bonchev–Trinajstić information content (AvgIpc) is 2.98. The maximum absolute atomic E-state index is 13.0. The molecule has 1 aliphatic rings. The molecule has 0 bridgehead atoms. The lowest BCUT2D eigenvalue weighted by Gasteiger charge is -2.33. The molecular formula is C17H22N2O4S2. The molecule has 3 rings (SSSR count). The zero-order chi connectivity index (χ0) is 18.2. The van der Waals surface area contributed by atoms with Crippen LogP contribution in [0, 0.1) is 0 Å². The first-order chi connectivity index (χ1) is 11.7. The number of sulfone groups is 1. The zero-order valence-corrected chi connectivity index (χ0v) is 16.2. The lowest BCUT2D eigenvalue weighted by atomic mass is 10.1. The number of para-hydroxylation sites is 1. The summed E-state index contributed by atoms with van der Waals surface area (Å²) in [5, 5.41) is -0.644. The Morgan fingerprint density at radius 3 is 2.72 bits per heavy atom. The van der Waals surface area contributed by atoms with E-state index in [1.807, 2.05) is 18.2 Å². The number of carbonyl (C=O) groups excluding carboxylic acids is 1. The number of fused-ring (bicyclic) bond motifs is 1. The molecule has 1 atom stereocenters. The first-order valence-corrected chi connectivity index (χ1v) is 10.6. The lowest BCUT2D eigenvalue weighted by molar-refractivity contribution is 0.0219. The predicted molar refractivity (Wildman–Crippen MR) is 97.6 cm³/mol. The molecule has 8 heteroatoms. The Morgan fingerprint density at radius 2 is 2.04 bits per heavy atom. The van der Waals surface area contributed by atoms with Gasteiger partial charge in [0, 0.05) is 13.1 Å². The van der Waals surface area contributed by atoms with E-state index in [1.54, 1.807) is 26.8 Å². The quantitative estimate of drug-likeness (QED) is 0.795. The molecule has 136 valence electrons. The smallest absolute Gasteiger partial charge is 0.410 e. The van der Waals surface area contributed by atoms with Crippen LogP contribution in [-0.2, 0) is 14.6 Å².